The third kappa shape index (κ3) is 3.64. The van der Waals surface area contributed by atoms with Crippen molar-refractivity contribution in [1.82, 2.24) is 4.90 Å². The smallest absolute Gasteiger partial charge is 0.238 e. The van der Waals surface area contributed by atoms with Crippen molar-refractivity contribution in [3.8, 4) is 0 Å². The standard InChI is InChI=1S/C26H31FN2O3/c27-20-10-7-11-21-23(20)26(12-5-2-6-13-26)25(31)29(21)24(19-8-3-1-4-9-19)22(30)18-28-14-16-32-17-15-28/h1,3-4,7-11,22,24,30H,2,5-6,12-18H2/t22-,24+/m1/s1. The highest BCUT2D eigenvalue weighted by Gasteiger charge is 2.55. The largest absolute Gasteiger partial charge is 0.389 e. The lowest BCUT2D eigenvalue weighted by Gasteiger charge is -2.38. The monoisotopic (exact) mass is 438 g/mol. The fraction of sp³-hybridized carbons (Fsp3) is 0.500. The van der Waals surface area contributed by atoms with Crippen LogP contribution in [0, 0.1) is 5.82 Å². The Morgan fingerprint density at radius 1 is 1.00 bits per heavy atom. The zero-order chi connectivity index (χ0) is 22.1. The third-order valence-corrected chi connectivity index (χ3v) is 7.40. The molecule has 2 heterocycles. The van der Waals surface area contributed by atoms with E-state index in [2.05, 4.69) is 4.90 Å². The first-order valence-electron chi connectivity index (χ1n) is 11.8. The maximum absolute atomic E-state index is 15.2. The van der Waals surface area contributed by atoms with Gasteiger partial charge in [0.15, 0.2) is 0 Å². The van der Waals surface area contributed by atoms with Gasteiger partial charge in [-0.15, -0.1) is 0 Å². The second-order valence-corrected chi connectivity index (χ2v) is 9.29. The van der Waals surface area contributed by atoms with Crippen LogP contribution in [0.4, 0.5) is 10.1 Å². The zero-order valence-electron chi connectivity index (χ0n) is 18.4. The molecule has 5 rings (SSSR count). The molecular weight excluding hydrogens is 407 g/mol. The molecule has 1 saturated carbocycles. The van der Waals surface area contributed by atoms with E-state index in [1.54, 1.807) is 11.0 Å². The van der Waals surface area contributed by atoms with Gasteiger partial charge >= 0.3 is 0 Å². The number of hydrogen-bond donors (Lipinski definition) is 1. The predicted molar refractivity (Wildman–Crippen MR) is 121 cm³/mol. The van der Waals surface area contributed by atoms with E-state index < -0.39 is 17.6 Å². The van der Waals surface area contributed by atoms with Crippen molar-refractivity contribution in [2.75, 3.05) is 37.7 Å². The summed E-state index contributed by atoms with van der Waals surface area (Å²) in [5.74, 6) is -0.373. The number of aliphatic hydroxyl groups excluding tert-OH is 1. The second kappa shape index (κ2) is 8.93. The number of anilines is 1. The van der Waals surface area contributed by atoms with Crippen LogP contribution in [0.5, 0.6) is 0 Å². The van der Waals surface area contributed by atoms with E-state index in [1.165, 1.54) is 6.07 Å². The van der Waals surface area contributed by atoms with Crippen molar-refractivity contribution in [3.63, 3.8) is 0 Å². The Morgan fingerprint density at radius 3 is 2.44 bits per heavy atom. The SMILES string of the molecule is O=C1N([C@@H](c2ccccc2)[C@H](O)CN2CCOCC2)c2cccc(F)c2C12CCCCC2. The molecule has 1 N–H and O–H groups in total. The summed E-state index contributed by atoms with van der Waals surface area (Å²) in [6, 6.07) is 14.1. The lowest BCUT2D eigenvalue weighted by Crippen LogP contribution is -2.49. The van der Waals surface area contributed by atoms with E-state index in [1.807, 2.05) is 36.4 Å². The van der Waals surface area contributed by atoms with Gasteiger partial charge in [0.05, 0.1) is 36.5 Å². The number of halogens is 1. The van der Waals surface area contributed by atoms with Gasteiger partial charge < -0.3 is 14.7 Å². The molecule has 3 aliphatic rings. The summed E-state index contributed by atoms with van der Waals surface area (Å²) < 4.78 is 20.7. The Morgan fingerprint density at radius 2 is 1.72 bits per heavy atom. The number of amides is 1. The van der Waals surface area contributed by atoms with Crippen LogP contribution in [-0.2, 0) is 14.9 Å². The van der Waals surface area contributed by atoms with Gasteiger partial charge in [-0.25, -0.2) is 4.39 Å². The van der Waals surface area contributed by atoms with Gasteiger partial charge in [-0.2, -0.15) is 0 Å². The number of aliphatic hydroxyl groups is 1. The molecule has 170 valence electrons. The van der Waals surface area contributed by atoms with Crippen molar-refractivity contribution in [3.05, 3.63) is 65.5 Å². The highest BCUT2D eigenvalue weighted by molar-refractivity contribution is 6.09. The number of carbonyl (C=O) groups excluding carboxylic acids is 1. The van der Waals surface area contributed by atoms with Crippen LogP contribution < -0.4 is 4.90 Å². The number of benzene rings is 2. The number of β-amino-alcohol motifs (C(OH)–C–C–N with tert-alkyl or cyclic N) is 1. The van der Waals surface area contributed by atoms with E-state index in [0.29, 0.717) is 43.9 Å². The van der Waals surface area contributed by atoms with Crippen molar-refractivity contribution in [1.29, 1.82) is 0 Å². The molecule has 1 aliphatic carbocycles. The molecule has 1 saturated heterocycles. The first-order valence-corrected chi connectivity index (χ1v) is 11.8. The molecule has 2 atom stereocenters. The molecule has 1 spiro atoms. The number of ether oxygens (including phenoxy) is 1. The van der Waals surface area contributed by atoms with Gasteiger partial charge in [-0.3, -0.25) is 9.69 Å². The van der Waals surface area contributed by atoms with Gasteiger partial charge in [0.1, 0.15) is 5.82 Å². The van der Waals surface area contributed by atoms with Crippen LogP contribution in [0.1, 0.15) is 49.3 Å². The van der Waals surface area contributed by atoms with E-state index >= 15 is 4.39 Å². The van der Waals surface area contributed by atoms with Gasteiger partial charge in [-0.1, -0.05) is 55.7 Å². The maximum Gasteiger partial charge on any atom is 0.238 e. The highest BCUT2D eigenvalue weighted by atomic mass is 19.1. The third-order valence-electron chi connectivity index (χ3n) is 7.40. The Kier molecular flexibility index (Phi) is 6.01. The molecule has 0 unspecified atom stereocenters. The average Bonchev–Trinajstić information content (AvgIpc) is 3.05. The molecule has 2 fully saturated rings. The van der Waals surface area contributed by atoms with Gasteiger partial charge in [0, 0.05) is 25.2 Å². The van der Waals surface area contributed by atoms with Crippen LogP contribution in [0.15, 0.2) is 48.5 Å². The normalized spacial score (nSPS) is 22.7. The summed E-state index contributed by atoms with van der Waals surface area (Å²) in [4.78, 5) is 18.0. The predicted octanol–water partition coefficient (Wildman–Crippen LogP) is 3.81. The Hall–Kier alpha value is -2.28. The van der Waals surface area contributed by atoms with E-state index in [-0.39, 0.29) is 11.7 Å². The molecular formula is C26H31FN2O3. The molecule has 0 bridgehead atoms. The molecule has 2 aromatic rings. The first kappa shape index (κ1) is 21.6. The minimum Gasteiger partial charge on any atom is -0.389 e. The van der Waals surface area contributed by atoms with E-state index in [0.717, 1.165) is 37.9 Å². The zero-order valence-corrected chi connectivity index (χ0v) is 18.4. The lowest BCUT2D eigenvalue weighted by atomic mass is 9.70. The fourth-order valence-corrected chi connectivity index (χ4v) is 5.87. The average molecular weight is 439 g/mol. The highest BCUT2D eigenvalue weighted by Crippen LogP contribution is 2.53. The van der Waals surface area contributed by atoms with Crippen LogP contribution in [-0.4, -0.2) is 54.9 Å². The Balaban J connectivity index is 1.58. The quantitative estimate of drug-likeness (QED) is 0.772. The van der Waals surface area contributed by atoms with Gasteiger partial charge in [-0.05, 0) is 30.5 Å². The summed E-state index contributed by atoms with van der Waals surface area (Å²) in [6.07, 6.45) is 3.42. The molecule has 0 radical (unpaired) electrons. The van der Waals surface area contributed by atoms with Crippen molar-refractivity contribution in [2.24, 2.45) is 0 Å². The summed E-state index contributed by atoms with van der Waals surface area (Å²) in [7, 11) is 0. The minimum atomic E-state index is -0.815. The molecule has 0 aromatic heterocycles. The maximum atomic E-state index is 15.2. The summed E-state index contributed by atoms with van der Waals surface area (Å²) in [5, 5.41) is 11.5. The van der Waals surface area contributed by atoms with E-state index in [9.17, 15) is 9.90 Å². The Labute approximate surface area is 188 Å². The summed E-state index contributed by atoms with van der Waals surface area (Å²) in [5.41, 5.74) is 1.20. The topological polar surface area (TPSA) is 53.0 Å². The van der Waals surface area contributed by atoms with Crippen LogP contribution in [0.3, 0.4) is 0 Å². The molecule has 32 heavy (non-hydrogen) atoms. The molecule has 1 amide bonds. The molecule has 5 nitrogen and oxygen atoms in total. The van der Waals surface area contributed by atoms with Crippen molar-refractivity contribution < 1.29 is 19.0 Å². The number of nitrogens with zero attached hydrogens (tertiary/aromatic N) is 2. The van der Waals surface area contributed by atoms with Gasteiger partial charge in [0.2, 0.25) is 5.91 Å². The van der Waals surface area contributed by atoms with E-state index in [4.69, 9.17) is 4.74 Å². The number of hydrogen-bond acceptors (Lipinski definition) is 4. The number of rotatable bonds is 5. The summed E-state index contributed by atoms with van der Waals surface area (Å²) in [6.45, 7) is 3.22. The lowest BCUT2D eigenvalue weighted by molar-refractivity contribution is -0.125. The van der Waals surface area contributed by atoms with Gasteiger partial charge in [0.25, 0.3) is 0 Å². The number of carbonyl (C=O) groups is 1. The van der Waals surface area contributed by atoms with Crippen LogP contribution >= 0.6 is 0 Å². The second-order valence-electron chi connectivity index (χ2n) is 9.29. The Bertz CT molecular complexity index is 955. The molecule has 6 heteroatoms. The number of fused-ring (bicyclic) bond motifs is 2. The van der Waals surface area contributed by atoms with Crippen molar-refractivity contribution >= 4 is 11.6 Å². The van der Waals surface area contributed by atoms with Crippen molar-refractivity contribution in [2.45, 2.75) is 49.7 Å². The van der Waals surface area contributed by atoms with Crippen LogP contribution in [0.25, 0.3) is 0 Å². The number of morpholine rings is 1. The fourth-order valence-electron chi connectivity index (χ4n) is 5.87. The van der Waals surface area contributed by atoms with Crippen LogP contribution in [0.2, 0.25) is 0 Å². The molecule has 2 aliphatic heterocycles. The summed E-state index contributed by atoms with van der Waals surface area (Å²) >= 11 is 0. The first-order chi connectivity index (χ1) is 15.6. The molecule has 2 aromatic carbocycles. The minimum absolute atomic E-state index is 0.0628.